The van der Waals surface area contributed by atoms with E-state index in [1.165, 1.54) is 0 Å². The zero-order chi connectivity index (χ0) is 13.8. The molecular weight excluding hydrogens is 240 g/mol. The van der Waals surface area contributed by atoms with E-state index >= 15 is 0 Å². The van der Waals surface area contributed by atoms with Crippen molar-refractivity contribution in [2.45, 2.75) is 20.3 Å². The van der Waals surface area contributed by atoms with Gasteiger partial charge < -0.3 is 10.5 Å². The van der Waals surface area contributed by atoms with Gasteiger partial charge in [0.15, 0.2) is 0 Å². The molecule has 0 unspecified atom stereocenters. The average molecular weight is 254 g/mol. The molecule has 0 fully saturated rings. The molecule has 0 aliphatic rings. The van der Waals surface area contributed by atoms with E-state index in [4.69, 9.17) is 15.7 Å². The van der Waals surface area contributed by atoms with Crippen molar-refractivity contribution in [1.29, 1.82) is 5.26 Å². The minimum atomic E-state index is 0.388. The Kier molecular flexibility index (Phi) is 3.62. The maximum absolute atomic E-state index is 8.61. The fourth-order valence-electron chi connectivity index (χ4n) is 1.60. The predicted molar refractivity (Wildman–Crippen MR) is 71.8 cm³/mol. The van der Waals surface area contributed by atoms with Gasteiger partial charge in [0.1, 0.15) is 17.4 Å². The third-order valence-corrected chi connectivity index (χ3v) is 2.67. The highest BCUT2D eigenvalue weighted by Crippen LogP contribution is 2.25. The molecule has 5 heteroatoms. The summed E-state index contributed by atoms with van der Waals surface area (Å²) in [5.41, 5.74) is 7.44. The van der Waals surface area contributed by atoms with Gasteiger partial charge in [-0.2, -0.15) is 10.2 Å². The normalized spacial score (nSPS) is 9.95. The van der Waals surface area contributed by atoms with Crippen LogP contribution in [0.4, 0.5) is 5.82 Å². The van der Waals surface area contributed by atoms with Crippen molar-refractivity contribution in [1.82, 2.24) is 9.97 Å². The molecule has 0 aliphatic carbocycles. The van der Waals surface area contributed by atoms with E-state index in [2.05, 4.69) is 16.0 Å². The number of rotatable bonds is 3. The van der Waals surface area contributed by atoms with E-state index in [1.807, 2.05) is 19.1 Å². The van der Waals surface area contributed by atoms with E-state index in [1.54, 1.807) is 19.1 Å². The predicted octanol–water partition coefficient (Wildman–Crippen LogP) is 2.53. The van der Waals surface area contributed by atoms with Crippen molar-refractivity contribution in [3.8, 4) is 17.7 Å². The van der Waals surface area contributed by atoms with Crippen LogP contribution in [0.5, 0.6) is 11.6 Å². The quantitative estimate of drug-likeness (QED) is 0.909. The zero-order valence-corrected chi connectivity index (χ0v) is 10.8. The summed E-state index contributed by atoms with van der Waals surface area (Å²) in [5, 5.41) is 8.61. The van der Waals surface area contributed by atoms with Crippen molar-refractivity contribution >= 4 is 5.82 Å². The Hall–Kier alpha value is -2.61. The number of hydrogen-bond donors (Lipinski definition) is 1. The molecule has 1 aromatic carbocycles. The van der Waals surface area contributed by atoms with Gasteiger partial charge in [-0.1, -0.05) is 12.1 Å². The van der Waals surface area contributed by atoms with Crippen molar-refractivity contribution in [3.63, 3.8) is 0 Å². The van der Waals surface area contributed by atoms with Gasteiger partial charge in [0.05, 0.1) is 18.1 Å². The molecule has 1 aromatic heterocycles. The number of nitrogens with two attached hydrogens (primary N) is 1. The van der Waals surface area contributed by atoms with Crippen LogP contribution in [0.15, 0.2) is 24.3 Å². The van der Waals surface area contributed by atoms with Crippen molar-refractivity contribution in [2.75, 3.05) is 5.73 Å². The van der Waals surface area contributed by atoms with Gasteiger partial charge in [-0.15, -0.1) is 0 Å². The molecule has 0 spiro atoms. The van der Waals surface area contributed by atoms with Crippen LogP contribution in [0, 0.1) is 25.2 Å². The molecule has 0 radical (unpaired) electrons. The van der Waals surface area contributed by atoms with Gasteiger partial charge in [0.25, 0.3) is 0 Å². The van der Waals surface area contributed by atoms with Gasteiger partial charge in [-0.25, -0.2) is 4.98 Å². The SMILES string of the molecule is Cc1nc(N)c(C)c(Oc2ccc(CC#N)cc2)n1. The summed E-state index contributed by atoms with van der Waals surface area (Å²) in [7, 11) is 0. The standard InChI is InChI=1S/C14H14N4O/c1-9-13(16)17-10(2)18-14(9)19-12-5-3-11(4-6-12)7-8-15/h3-6H,7H2,1-2H3,(H2,16,17,18). The van der Waals surface area contributed by atoms with Crippen LogP contribution in [0.2, 0.25) is 0 Å². The van der Waals surface area contributed by atoms with Gasteiger partial charge in [-0.05, 0) is 31.5 Å². The first-order valence-electron chi connectivity index (χ1n) is 5.84. The van der Waals surface area contributed by atoms with E-state index in [-0.39, 0.29) is 0 Å². The van der Waals surface area contributed by atoms with Crippen LogP contribution in [0.3, 0.4) is 0 Å². The number of nitriles is 1. The number of hydrogen-bond acceptors (Lipinski definition) is 5. The molecule has 0 atom stereocenters. The third-order valence-electron chi connectivity index (χ3n) is 2.67. The Labute approximate surface area is 111 Å². The summed E-state index contributed by atoms with van der Waals surface area (Å²) in [5.74, 6) is 2.10. The monoisotopic (exact) mass is 254 g/mol. The molecule has 0 saturated carbocycles. The average Bonchev–Trinajstić information content (AvgIpc) is 2.38. The molecule has 0 saturated heterocycles. The molecule has 1 heterocycles. The minimum Gasteiger partial charge on any atom is -0.439 e. The fraction of sp³-hybridized carbons (Fsp3) is 0.214. The number of aromatic nitrogens is 2. The summed E-state index contributed by atoms with van der Waals surface area (Å²) in [6.07, 6.45) is 0.388. The van der Waals surface area contributed by atoms with Crippen LogP contribution in [-0.2, 0) is 6.42 Å². The smallest absolute Gasteiger partial charge is 0.227 e. The second-order valence-electron chi connectivity index (χ2n) is 4.17. The summed E-state index contributed by atoms with van der Waals surface area (Å²) in [4.78, 5) is 8.29. The number of aryl methyl sites for hydroxylation is 1. The molecule has 2 aromatic rings. The second-order valence-corrected chi connectivity index (χ2v) is 4.17. The minimum absolute atomic E-state index is 0.388. The summed E-state index contributed by atoms with van der Waals surface area (Å²) in [6.45, 7) is 3.58. The number of nitrogen functional groups attached to an aromatic ring is 1. The maximum atomic E-state index is 8.61. The third kappa shape index (κ3) is 2.99. The first-order valence-corrected chi connectivity index (χ1v) is 5.84. The molecular formula is C14H14N4O. The van der Waals surface area contributed by atoms with Crippen LogP contribution < -0.4 is 10.5 Å². The van der Waals surface area contributed by atoms with Gasteiger partial charge in [0, 0.05) is 0 Å². The molecule has 2 rings (SSSR count). The first-order chi connectivity index (χ1) is 9.10. The molecule has 0 aliphatic heterocycles. The number of ether oxygens (including phenoxy) is 1. The zero-order valence-electron chi connectivity index (χ0n) is 10.8. The maximum Gasteiger partial charge on any atom is 0.227 e. The molecule has 0 amide bonds. The van der Waals surface area contributed by atoms with E-state index < -0.39 is 0 Å². The lowest BCUT2D eigenvalue weighted by molar-refractivity contribution is 0.456. The molecule has 0 bridgehead atoms. The topological polar surface area (TPSA) is 84.8 Å². The Morgan fingerprint density at radius 2 is 1.89 bits per heavy atom. The lowest BCUT2D eigenvalue weighted by Gasteiger charge is -2.10. The summed E-state index contributed by atoms with van der Waals surface area (Å²) < 4.78 is 5.69. The van der Waals surface area contributed by atoms with E-state index in [0.29, 0.717) is 35.3 Å². The molecule has 19 heavy (non-hydrogen) atoms. The molecule has 2 N–H and O–H groups in total. The Morgan fingerprint density at radius 3 is 2.53 bits per heavy atom. The van der Waals surface area contributed by atoms with Crippen LogP contribution in [0.1, 0.15) is 17.0 Å². The van der Waals surface area contributed by atoms with Gasteiger partial charge in [-0.3, -0.25) is 0 Å². The van der Waals surface area contributed by atoms with Crippen LogP contribution >= 0.6 is 0 Å². The fourth-order valence-corrected chi connectivity index (χ4v) is 1.60. The highest BCUT2D eigenvalue weighted by atomic mass is 16.5. The van der Waals surface area contributed by atoms with Gasteiger partial charge >= 0.3 is 0 Å². The lowest BCUT2D eigenvalue weighted by atomic mass is 10.2. The highest BCUT2D eigenvalue weighted by molar-refractivity contribution is 5.46. The first kappa shape index (κ1) is 12.8. The number of nitrogens with zero attached hydrogens (tertiary/aromatic N) is 3. The number of benzene rings is 1. The van der Waals surface area contributed by atoms with E-state index in [9.17, 15) is 0 Å². The second kappa shape index (κ2) is 5.36. The van der Waals surface area contributed by atoms with E-state index in [0.717, 1.165) is 5.56 Å². The Balaban J connectivity index is 2.24. The van der Waals surface area contributed by atoms with Gasteiger partial charge in [0.2, 0.25) is 5.88 Å². The Bertz CT molecular complexity index is 629. The van der Waals surface area contributed by atoms with Crippen molar-refractivity contribution < 1.29 is 4.74 Å². The lowest BCUT2D eigenvalue weighted by Crippen LogP contribution is -2.02. The van der Waals surface area contributed by atoms with Crippen LogP contribution in [-0.4, -0.2) is 9.97 Å². The van der Waals surface area contributed by atoms with Crippen LogP contribution in [0.25, 0.3) is 0 Å². The largest absolute Gasteiger partial charge is 0.439 e. The van der Waals surface area contributed by atoms with Crippen molar-refractivity contribution in [3.05, 3.63) is 41.2 Å². The molecule has 5 nitrogen and oxygen atoms in total. The highest BCUT2D eigenvalue weighted by Gasteiger charge is 2.08. The summed E-state index contributed by atoms with van der Waals surface area (Å²) >= 11 is 0. The Morgan fingerprint density at radius 1 is 1.21 bits per heavy atom. The number of anilines is 1. The van der Waals surface area contributed by atoms with Crippen molar-refractivity contribution in [2.24, 2.45) is 0 Å². The summed E-state index contributed by atoms with van der Waals surface area (Å²) in [6, 6.07) is 9.41. The molecule has 96 valence electrons.